The molecule has 1 aliphatic heterocycles. The Morgan fingerprint density at radius 3 is 2.08 bits per heavy atom. The van der Waals surface area contributed by atoms with Gasteiger partial charge < -0.3 is 9.31 Å². The summed E-state index contributed by atoms with van der Waals surface area (Å²) < 4.78 is 11.7. The number of hydrogen-bond donors (Lipinski definition) is 0. The minimum absolute atomic E-state index is 0.0750. The van der Waals surface area contributed by atoms with Crippen molar-refractivity contribution in [3.63, 3.8) is 0 Å². The van der Waals surface area contributed by atoms with Gasteiger partial charge in [0.25, 0.3) is 0 Å². The molecule has 1 saturated heterocycles. The quantitative estimate of drug-likeness (QED) is 0.614. The van der Waals surface area contributed by atoms with Gasteiger partial charge in [0.15, 0.2) is 0 Å². The SMILES string of the molecule is CCC(C)C1(C)OB(C)OC1(C)C. The zero-order chi connectivity index (χ0) is 10.3. The fourth-order valence-corrected chi connectivity index (χ4v) is 2.14. The second-order valence-electron chi connectivity index (χ2n) is 4.73. The molecular formula is C10H21BO2. The highest BCUT2D eigenvalue weighted by Gasteiger charge is 2.54. The van der Waals surface area contributed by atoms with E-state index in [0.29, 0.717) is 5.92 Å². The van der Waals surface area contributed by atoms with Gasteiger partial charge in [-0.05, 0) is 33.5 Å². The van der Waals surface area contributed by atoms with Crippen molar-refractivity contribution in [2.24, 2.45) is 5.92 Å². The monoisotopic (exact) mass is 184 g/mol. The summed E-state index contributed by atoms with van der Waals surface area (Å²) in [7, 11) is -0.0750. The van der Waals surface area contributed by atoms with Crippen LogP contribution in [0.2, 0.25) is 6.82 Å². The van der Waals surface area contributed by atoms with Gasteiger partial charge in [-0.1, -0.05) is 20.3 Å². The van der Waals surface area contributed by atoms with Crippen LogP contribution in [-0.4, -0.2) is 18.3 Å². The molecule has 1 rings (SSSR count). The van der Waals surface area contributed by atoms with Crippen LogP contribution < -0.4 is 0 Å². The number of rotatable bonds is 2. The zero-order valence-electron chi connectivity index (χ0n) is 9.68. The van der Waals surface area contributed by atoms with E-state index in [1.165, 1.54) is 0 Å². The van der Waals surface area contributed by atoms with Crippen LogP contribution in [0.3, 0.4) is 0 Å². The molecule has 0 aromatic heterocycles. The topological polar surface area (TPSA) is 18.5 Å². The van der Waals surface area contributed by atoms with Gasteiger partial charge in [-0.15, -0.1) is 0 Å². The highest BCUT2D eigenvalue weighted by molar-refractivity contribution is 6.43. The molecule has 0 bridgehead atoms. The molecule has 0 saturated carbocycles. The van der Waals surface area contributed by atoms with E-state index in [-0.39, 0.29) is 18.3 Å². The van der Waals surface area contributed by atoms with Crippen LogP contribution >= 0.6 is 0 Å². The summed E-state index contributed by atoms with van der Waals surface area (Å²) in [6.07, 6.45) is 1.12. The molecule has 0 amide bonds. The summed E-state index contributed by atoms with van der Waals surface area (Å²) in [6.45, 7) is 12.8. The van der Waals surface area contributed by atoms with E-state index in [0.717, 1.165) is 6.42 Å². The molecule has 0 spiro atoms. The van der Waals surface area contributed by atoms with Crippen molar-refractivity contribution in [3.05, 3.63) is 0 Å². The Labute approximate surface area is 82.1 Å². The normalized spacial score (nSPS) is 35.1. The zero-order valence-corrected chi connectivity index (χ0v) is 9.68. The third-order valence-corrected chi connectivity index (χ3v) is 3.62. The summed E-state index contributed by atoms with van der Waals surface area (Å²) in [5, 5.41) is 0. The van der Waals surface area contributed by atoms with Crippen LogP contribution in [0.5, 0.6) is 0 Å². The third-order valence-electron chi connectivity index (χ3n) is 3.62. The van der Waals surface area contributed by atoms with Gasteiger partial charge in [0, 0.05) is 0 Å². The first-order valence-corrected chi connectivity index (χ1v) is 5.19. The Balaban J connectivity index is 2.88. The maximum Gasteiger partial charge on any atom is 0.454 e. The molecule has 1 aliphatic rings. The first-order chi connectivity index (χ1) is 5.83. The molecule has 0 N–H and O–H groups in total. The van der Waals surface area contributed by atoms with E-state index in [1.54, 1.807) is 0 Å². The van der Waals surface area contributed by atoms with Crippen molar-refractivity contribution >= 4 is 7.12 Å². The predicted octanol–water partition coefficient (Wildman–Crippen LogP) is 2.73. The Kier molecular flexibility index (Phi) is 2.79. The molecule has 1 fully saturated rings. The molecule has 13 heavy (non-hydrogen) atoms. The van der Waals surface area contributed by atoms with Crippen LogP contribution in [0, 0.1) is 5.92 Å². The van der Waals surface area contributed by atoms with Crippen molar-refractivity contribution in [2.45, 2.75) is 59.1 Å². The largest absolute Gasteiger partial charge is 0.454 e. The smallest absolute Gasteiger partial charge is 0.403 e. The molecule has 2 unspecified atom stereocenters. The second kappa shape index (κ2) is 3.28. The van der Waals surface area contributed by atoms with Crippen molar-refractivity contribution in [2.75, 3.05) is 0 Å². The van der Waals surface area contributed by atoms with Gasteiger partial charge in [0.1, 0.15) is 0 Å². The third kappa shape index (κ3) is 1.64. The van der Waals surface area contributed by atoms with E-state index in [4.69, 9.17) is 9.31 Å². The fraction of sp³-hybridized carbons (Fsp3) is 1.00. The minimum Gasteiger partial charge on any atom is -0.403 e. The van der Waals surface area contributed by atoms with E-state index in [2.05, 4.69) is 34.6 Å². The molecule has 2 atom stereocenters. The Bertz CT molecular complexity index is 193. The molecule has 2 nitrogen and oxygen atoms in total. The molecule has 3 heteroatoms. The molecule has 0 radical (unpaired) electrons. The summed E-state index contributed by atoms with van der Waals surface area (Å²) in [5.74, 6) is 0.521. The van der Waals surface area contributed by atoms with Crippen molar-refractivity contribution in [1.29, 1.82) is 0 Å². The molecule has 1 heterocycles. The Morgan fingerprint density at radius 2 is 1.77 bits per heavy atom. The lowest BCUT2D eigenvalue weighted by atomic mass is 9.77. The summed E-state index contributed by atoms with van der Waals surface area (Å²) in [5.41, 5.74) is -0.330. The second-order valence-corrected chi connectivity index (χ2v) is 4.73. The maximum atomic E-state index is 5.89. The fourth-order valence-electron chi connectivity index (χ4n) is 2.14. The van der Waals surface area contributed by atoms with Gasteiger partial charge in [-0.2, -0.15) is 0 Å². The van der Waals surface area contributed by atoms with Crippen molar-refractivity contribution in [3.8, 4) is 0 Å². The van der Waals surface area contributed by atoms with Gasteiger partial charge in [-0.3, -0.25) is 0 Å². The van der Waals surface area contributed by atoms with Gasteiger partial charge in [-0.25, -0.2) is 0 Å². The highest BCUT2D eigenvalue weighted by Crippen LogP contribution is 2.43. The van der Waals surface area contributed by atoms with Gasteiger partial charge in [0.2, 0.25) is 0 Å². The standard InChI is InChI=1S/C10H21BO2/c1-7-8(2)10(5)9(3,4)12-11(6)13-10/h8H,7H2,1-6H3. The van der Waals surface area contributed by atoms with Gasteiger partial charge in [0.05, 0.1) is 11.2 Å². The molecular weight excluding hydrogens is 163 g/mol. The van der Waals surface area contributed by atoms with Crippen LogP contribution in [-0.2, 0) is 9.31 Å². The van der Waals surface area contributed by atoms with Crippen LogP contribution in [0.25, 0.3) is 0 Å². The summed E-state index contributed by atoms with van der Waals surface area (Å²) in [6, 6.07) is 0. The lowest BCUT2D eigenvalue weighted by molar-refractivity contribution is -0.0499. The van der Waals surface area contributed by atoms with Crippen molar-refractivity contribution < 1.29 is 9.31 Å². The molecule has 0 aliphatic carbocycles. The van der Waals surface area contributed by atoms with E-state index < -0.39 is 0 Å². The Hall–Kier alpha value is -0.0151. The van der Waals surface area contributed by atoms with Crippen LogP contribution in [0.1, 0.15) is 41.0 Å². The molecule has 76 valence electrons. The Morgan fingerprint density at radius 1 is 1.23 bits per heavy atom. The predicted molar refractivity (Wildman–Crippen MR) is 55.7 cm³/mol. The van der Waals surface area contributed by atoms with E-state index in [9.17, 15) is 0 Å². The van der Waals surface area contributed by atoms with Crippen molar-refractivity contribution in [1.82, 2.24) is 0 Å². The van der Waals surface area contributed by atoms with Crippen LogP contribution in [0.4, 0.5) is 0 Å². The lowest BCUT2D eigenvalue weighted by Gasteiger charge is -2.41. The minimum atomic E-state index is -0.179. The molecule has 0 aromatic rings. The highest BCUT2D eigenvalue weighted by atomic mass is 16.7. The molecule has 0 aromatic carbocycles. The van der Waals surface area contributed by atoms with Gasteiger partial charge >= 0.3 is 7.12 Å². The van der Waals surface area contributed by atoms with E-state index in [1.807, 2.05) is 6.82 Å². The van der Waals surface area contributed by atoms with Crippen LogP contribution in [0.15, 0.2) is 0 Å². The number of hydrogen-bond acceptors (Lipinski definition) is 2. The van der Waals surface area contributed by atoms with E-state index >= 15 is 0 Å². The summed E-state index contributed by atoms with van der Waals surface area (Å²) >= 11 is 0. The first-order valence-electron chi connectivity index (χ1n) is 5.19. The lowest BCUT2D eigenvalue weighted by Crippen LogP contribution is -2.49. The average Bonchev–Trinajstić information content (AvgIpc) is 2.20. The summed E-state index contributed by atoms with van der Waals surface area (Å²) in [4.78, 5) is 0. The maximum absolute atomic E-state index is 5.89. The first kappa shape index (κ1) is 11.1. The average molecular weight is 184 g/mol.